The fourth-order valence-electron chi connectivity index (χ4n) is 0.644. The summed E-state index contributed by atoms with van der Waals surface area (Å²) in [7, 11) is 0. The van der Waals surface area contributed by atoms with Crippen LogP contribution in [0.4, 0.5) is 8.78 Å². The molecule has 4 heteroatoms. The standard InChI is InChI=1S/C8H14F2O2/c1-3-4-5-6-12-7(11)8(2,9)10/h3-6H2,1-2H3. The average Bonchev–Trinajstić information content (AvgIpc) is 1.96. The van der Waals surface area contributed by atoms with Crippen LogP contribution >= 0.6 is 0 Å². The van der Waals surface area contributed by atoms with E-state index in [2.05, 4.69) is 4.74 Å². The van der Waals surface area contributed by atoms with E-state index in [-0.39, 0.29) is 6.61 Å². The molecule has 0 aliphatic rings. The van der Waals surface area contributed by atoms with Gasteiger partial charge in [-0.3, -0.25) is 0 Å². The normalized spacial score (nSPS) is 11.3. The van der Waals surface area contributed by atoms with E-state index in [1.807, 2.05) is 6.92 Å². The van der Waals surface area contributed by atoms with Gasteiger partial charge in [0.25, 0.3) is 0 Å². The summed E-state index contributed by atoms with van der Waals surface area (Å²) in [5, 5.41) is 0. The van der Waals surface area contributed by atoms with Gasteiger partial charge in [0.2, 0.25) is 0 Å². The highest BCUT2D eigenvalue weighted by atomic mass is 19.3. The zero-order chi connectivity index (χ0) is 9.61. The predicted molar refractivity (Wildman–Crippen MR) is 41.1 cm³/mol. The molecule has 0 atom stereocenters. The van der Waals surface area contributed by atoms with Gasteiger partial charge in [0, 0.05) is 6.92 Å². The van der Waals surface area contributed by atoms with Gasteiger partial charge < -0.3 is 4.74 Å². The summed E-state index contributed by atoms with van der Waals surface area (Å²) in [5.41, 5.74) is 0. The number of halogens is 2. The second kappa shape index (κ2) is 5.06. The predicted octanol–water partition coefficient (Wildman–Crippen LogP) is 2.38. The number of rotatable bonds is 5. The Kier molecular flexibility index (Phi) is 4.78. The van der Waals surface area contributed by atoms with Gasteiger partial charge in [-0.1, -0.05) is 19.8 Å². The molecular weight excluding hydrogens is 166 g/mol. The maximum Gasteiger partial charge on any atom is 0.376 e. The van der Waals surface area contributed by atoms with Crippen molar-refractivity contribution in [2.24, 2.45) is 0 Å². The molecule has 0 saturated carbocycles. The molecule has 0 aliphatic heterocycles. The molecule has 0 amide bonds. The van der Waals surface area contributed by atoms with Crippen molar-refractivity contribution in [3.05, 3.63) is 0 Å². The first-order valence-electron chi connectivity index (χ1n) is 4.03. The van der Waals surface area contributed by atoms with Crippen molar-refractivity contribution >= 4 is 5.97 Å². The zero-order valence-corrected chi connectivity index (χ0v) is 7.40. The van der Waals surface area contributed by atoms with Crippen molar-refractivity contribution in [2.75, 3.05) is 6.61 Å². The summed E-state index contributed by atoms with van der Waals surface area (Å²) < 4.78 is 28.6. The summed E-state index contributed by atoms with van der Waals surface area (Å²) in [5.74, 6) is -4.79. The van der Waals surface area contributed by atoms with Gasteiger partial charge in [-0.25, -0.2) is 4.79 Å². The third-order valence-electron chi connectivity index (χ3n) is 1.34. The molecule has 0 aromatic carbocycles. The summed E-state index contributed by atoms with van der Waals surface area (Å²) in [4.78, 5) is 10.5. The van der Waals surface area contributed by atoms with E-state index >= 15 is 0 Å². The van der Waals surface area contributed by atoms with Crippen LogP contribution in [-0.2, 0) is 9.53 Å². The van der Waals surface area contributed by atoms with Crippen LogP contribution in [0.5, 0.6) is 0 Å². The zero-order valence-electron chi connectivity index (χ0n) is 7.40. The smallest absolute Gasteiger partial charge is 0.376 e. The first-order valence-corrected chi connectivity index (χ1v) is 4.03. The molecule has 0 radical (unpaired) electrons. The van der Waals surface area contributed by atoms with Crippen molar-refractivity contribution in [3.8, 4) is 0 Å². The molecule has 0 N–H and O–H groups in total. The minimum absolute atomic E-state index is 0.0934. The summed E-state index contributed by atoms with van der Waals surface area (Å²) in [6, 6.07) is 0. The van der Waals surface area contributed by atoms with Crippen LogP contribution < -0.4 is 0 Å². The van der Waals surface area contributed by atoms with E-state index in [1.54, 1.807) is 0 Å². The lowest BCUT2D eigenvalue weighted by molar-refractivity contribution is -0.169. The Labute approximate surface area is 70.9 Å². The van der Waals surface area contributed by atoms with Gasteiger partial charge in [0.1, 0.15) is 0 Å². The molecule has 0 unspecified atom stereocenters. The van der Waals surface area contributed by atoms with Crippen molar-refractivity contribution in [1.82, 2.24) is 0 Å². The Bertz CT molecular complexity index is 140. The topological polar surface area (TPSA) is 26.3 Å². The van der Waals surface area contributed by atoms with E-state index in [1.165, 1.54) is 0 Å². The van der Waals surface area contributed by atoms with Gasteiger partial charge in [-0.15, -0.1) is 0 Å². The minimum Gasteiger partial charge on any atom is -0.461 e. The molecule has 2 nitrogen and oxygen atoms in total. The first-order chi connectivity index (χ1) is 5.48. The Balaban J connectivity index is 3.45. The Morgan fingerprint density at radius 2 is 2.00 bits per heavy atom. The summed E-state index contributed by atoms with van der Waals surface area (Å²) >= 11 is 0. The molecule has 0 saturated heterocycles. The third-order valence-corrected chi connectivity index (χ3v) is 1.34. The number of hydrogen-bond donors (Lipinski definition) is 0. The molecule has 0 aromatic rings. The SMILES string of the molecule is CCCCCOC(=O)C(C)(F)F. The van der Waals surface area contributed by atoms with E-state index in [0.717, 1.165) is 12.8 Å². The summed E-state index contributed by atoms with van der Waals surface area (Å²) in [6.07, 6.45) is 2.51. The lowest BCUT2D eigenvalue weighted by Crippen LogP contribution is -2.27. The number of hydrogen-bond acceptors (Lipinski definition) is 2. The van der Waals surface area contributed by atoms with Crippen molar-refractivity contribution in [3.63, 3.8) is 0 Å². The van der Waals surface area contributed by atoms with Crippen LogP contribution in [-0.4, -0.2) is 18.5 Å². The molecule has 0 rings (SSSR count). The van der Waals surface area contributed by atoms with E-state index in [9.17, 15) is 13.6 Å². The van der Waals surface area contributed by atoms with Crippen LogP contribution in [0.25, 0.3) is 0 Å². The highest BCUT2D eigenvalue weighted by Crippen LogP contribution is 2.13. The second-order valence-electron chi connectivity index (χ2n) is 2.73. The molecule has 0 aliphatic carbocycles. The number of esters is 1. The molecule has 0 heterocycles. The molecule has 0 aromatic heterocycles. The van der Waals surface area contributed by atoms with Crippen LogP contribution in [0.2, 0.25) is 0 Å². The van der Waals surface area contributed by atoms with Gasteiger partial charge in [-0.2, -0.15) is 8.78 Å². The number of ether oxygens (including phenoxy) is 1. The lowest BCUT2D eigenvalue weighted by Gasteiger charge is -2.09. The number of carbonyl (C=O) groups excluding carboxylic acids is 1. The molecular formula is C8H14F2O2. The van der Waals surface area contributed by atoms with Crippen molar-refractivity contribution in [1.29, 1.82) is 0 Å². The van der Waals surface area contributed by atoms with Crippen LogP contribution in [0.1, 0.15) is 33.1 Å². The highest BCUT2D eigenvalue weighted by Gasteiger charge is 2.33. The van der Waals surface area contributed by atoms with E-state index < -0.39 is 11.9 Å². The molecule has 0 bridgehead atoms. The van der Waals surface area contributed by atoms with Crippen molar-refractivity contribution in [2.45, 2.75) is 39.0 Å². The lowest BCUT2D eigenvalue weighted by atomic mass is 10.3. The van der Waals surface area contributed by atoms with Gasteiger partial charge >= 0.3 is 11.9 Å². The number of alkyl halides is 2. The van der Waals surface area contributed by atoms with Crippen LogP contribution in [0, 0.1) is 0 Å². The quantitative estimate of drug-likeness (QED) is 0.479. The van der Waals surface area contributed by atoms with E-state index in [4.69, 9.17) is 0 Å². The maximum absolute atomic E-state index is 12.2. The van der Waals surface area contributed by atoms with Crippen molar-refractivity contribution < 1.29 is 18.3 Å². The monoisotopic (exact) mass is 180 g/mol. The molecule has 72 valence electrons. The third kappa shape index (κ3) is 5.04. The molecule has 0 spiro atoms. The molecule has 0 fully saturated rings. The number of carbonyl (C=O) groups is 1. The largest absolute Gasteiger partial charge is 0.461 e. The minimum atomic E-state index is -3.35. The van der Waals surface area contributed by atoms with Gasteiger partial charge in [0.15, 0.2) is 0 Å². The average molecular weight is 180 g/mol. The molecule has 12 heavy (non-hydrogen) atoms. The van der Waals surface area contributed by atoms with Crippen LogP contribution in [0.3, 0.4) is 0 Å². The Morgan fingerprint density at radius 1 is 1.42 bits per heavy atom. The first kappa shape index (κ1) is 11.3. The fourth-order valence-corrected chi connectivity index (χ4v) is 0.644. The fraction of sp³-hybridized carbons (Fsp3) is 0.875. The van der Waals surface area contributed by atoms with Gasteiger partial charge in [0.05, 0.1) is 6.61 Å². The maximum atomic E-state index is 12.2. The van der Waals surface area contributed by atoms with Crippen LogP contribution in [0.15, 0.2) is 0 Å². The second-order valence-corrected chi connectivity index (χ2v) is 2.73. The highest BCUT2D eigenvalue weighted by molar-refractivity contribution is 5.76. The summed E-state index contributed by atoms with van der Waals surface area (Å²) in [6.45, 7) is 2.61. The van der Waals surface area contributed by atoms with Gasteiger partial charge in [-0.05, 0) is 6.42 Å². The Hall–Kier alpha value is -0.670. The Morgan fingerprint density at radius 3 is 2.42 bits per heavy atom. The van der Waals surface area contributed by atoms with E-state index in [0.29, 0.717) is 13.3 Å². The number of unbranched alkanes of at least 4 members (excludes halogenated alkanes) is 2.